The molecule has 1 amide bonds. The Morgan fingerprint density at radius 1 is 1.16 bits per heavy atom. The average Bonchev–Trinajstić information content (AvgIpc) is 3.00. The summed E-state index contributed by atoms with van der Waals surface area (Å²) in [6.07, 6.45) is 1.81. The minimum atomic E-state index is -0.770. The number of aromatic amines is 1. The van der Waals surface area contributed by atoms with Gasteiger partial charge in [0.05, 0.1) is 16.7 Å². The van der Waals surface area contributed by atoms with E-state index in [0.717, 1.165) is 40.5 Å². The molecule has 0 aliphatic carbocycles. The molecule has 0 atom stereocenters. The Morgan fingerprint density at radius 3 is 2.80 bits per heavy atom. The van der Waals surface area contributed by atoms with Gasteiger partial charge in [0, 0.05) is 18.2 Å². The van der Waals surface area contributed by atoms with Gasteiger partial charge >= 0.3 is 0 Å². The monoisotopic (exact) mass is 361 g/mol. The minimum absolute atomic E-state index is 0.00282. The van der Waals surface area contributed by atoms with Gasteiger partial charge in [-0.1, -0.05) is 23.9 Å². The molecule has 3 aromatic rings. The summed E-state index contributed by atoms with van der Waals surface area (Å²) < 4.78 is 26.3. The molecule has 0 unspecified atom stereocenters. The first-order chi connectivity index (χ1) is 12.1. The molecule has 0 saturated carbocycles. The molecule has 0 aliphatic rings. The van der Waals surface area contributed by atoms with Crippen molar-refractivity contribution in [3.8, 4) is 0 Å². The summed E-state index contributed by atoms with van der Waals surface area (Å²) in [7, 11) is 0. The Morgan fingerprint density at radius 2 is 2.00 bits per heavy atom. The Balaban J connectivity index is 1.38. The van der Waals surface area contributed by atoms with Crippen LogP contribution in [-0.4, -0.2) is 21.6 Å². The van der Waals surface area contributed by atoms with Gasteiger partial charge in [0.2, 0.25) is 5.91 Å². The Labute approximate surface area is 148 Å². The number of imidazole rings is 1. The highest BCUT2D eigenvalue weighted by molar-refractivity contribution is 7.99. The second-order valence-electron chi connectivity index (χ2n) is 5.54. The third kappa shape index (κ3) is 4.79. The van der Waals surface area contributed by atoms with Crippen LogP contribution < -0.4 is 5.32 Å². The second-order valence-corrected chi connectivity index (χ2v) is 6.62. The first-order valence-corrected chi connectivity index (χ1v) is 8.93. The van der Waals surface area contributed by atoms with Crippen LogP contribution >= 0.6 is 11.8 Å². The number of fused-ring (bicyclic) bond motifs is 1. The van der Waals surface area contributed by atoms with Crippen molar-refractivity contribution in [2.24, 2.45) is 0 Å². The number of anilines is 1. The molecular formula is C18H17F2N3OS. The maximum absolute atomic E-state index is 13.5. The Bertz CT molecular complexity index is 849. The van der Waals surface area contributed by atoms with Gasteiger partial charge in [-0.05, 0) is 37.1 Å². The van der Waals surface area contributed by atoms with Crippen molar-refractivity contribution in [3.63, 3.8) is 0 Å². The standard InChI is InChI=1S/C18H17F2N3OS/c19-12-8-9-14(13(20)11-12)21-17(24)7-3-4-10-25-18-22-15-5-1-2-6-16(15)23-18/h1-2,5-6,8-9,11H,3-4,7,10H2,(H,21,24)(H,22,23). The van der Waals surface area contributed by atoms with Crippen molar-refractivity contribution >= 4 is 34.4 Å². The highest BCUT2D eigenvalue weighted by atomic mass is 32.2. The van der Waals surface area contributed by atoms with Gasteiger partial charge in [0.25, 0.3) is 0 Å². The first-order valence-electron chi connectivity index (χ1n) is 7.94. The SMILES string of the molecule is O=C(CCCCSc1nc2ccccc2[nH]1)Nc1ccc(F)cc1F. The normalized spacial score (nSPS) is 11.0. The van der Waals surface area contributed by atoms with Crippen LogP contribution in [0.4, 0.5) is 14.5 Å². The van der Waals surface area contributed by atoms with E-state index >= 15 is 0 Å². The van der Waals surface area contributed by atoms with Gasteiger partial charge < -0.3 is 10.3 Å². The number of nitrogens with one attached hydrogen (secondary N) is 2. The van der Waals surface area contributed by atoms with Gasteiger partial charge in [-0.25, -0.2) is 13.8 Å². The van der Waals surface area contributed by atoms with Crippen LogP contribution in [0.5, 0.6) is 0 Å². The van der Waals surface area contributed by atoms with Crippen molar-refractivity contribution < 1.29 is 13.6 Å². The van der Waals surface area contributed by atoms with Crippen molar-refractivity contribution in [3.05, 3.63) is 54.1 Å². The number of H-pyrrole nitrogens is 1. The predicted octanol–water partition coefficient (Wildman–Crippen LogP) is 4.74. The molecule has 1 heterocycles. The molecule has 7 heteroatoms. The van der Waals surface area contributed by atoms with Crippen LogP contribution in [0.2, 0.25) is 0 Å². The summed E-state index contributed by atoms with van der Waals surface area (Å²) in [4.78, 5) is 19.5. The van der Waals surface area contributed by atoms with Crippen molar-refractivity contribution in [1.82, 2.24) is 9.97 Å². The van der Waals surface area contributed by atoms with E-state index in [1.165, 1.54) is 6.07 Å². The maximum atomic E-state index is 13.5. The van der Waals surface area contributed by atoms with E-state index in [0.29, 0.717) is 6.42 Å². The van der Waals surface area contributed by atoms with E-state index < -0.39 is 11.6 Å². The molecule has 2 N–H and O–H groups in total. The van der Waals surface area contributed by atoms with Gasteiger partial charge in [0.15, 0.2) is 5.16 Å². The zero-order chi connectivity index (χ0) is 17.6. The third-order valence-corrected chi connectivity index (χ3v) is 4.57. The molecule has 4 nitrogen and oxygen atoms in total. The van der Waals surface area contributed by atoms with Crippen LogP contribution in [0.1, 0.15) is 19.3 Å². The smallest absolute Gasteiger partial charge is 0.224 e. The highest BCUT2D eigenvalue weighted by Gasteiger charge is 2.08. The molecule has 0 bridgehead atoms. The highest BCUT2D eigenvalue weighted by Crippen LogP contribution is 2.20. The number of hydrogen-bond donors (Lipinski definition) is 2. The fourth-order valence-electron chi connectivity index (χ4n) is 2.36. The third-order valence-electron chi connectivity index (χ3n) is 3.61. The summed E-state index contributed by atoms with van der Waals surface area (Å²) in [5, 5.41) is 3.32. The van der Waals surface area contributed by atoms with Gasteiger partial charge in [-0.15, -0.1) is 0 Å². The molecule has 0 radical (unpaired) electrons. The van der Waals surface area contributed by atoms with Gasteiger partial charge in [0.1, 0.15) is 11.6 Å². The fraction of sp³-hybridized carbons (Fsp3) is 0.222. The van der Waals surface area contributed by atoms with Gasteiger partial charge in [-0.2, -0.15) is 0 Å². The van der Waals surface area contributed by atoms with E-state index in [1.54, 1.807) is 11.8 Å². The average molecular weight is 361 g/mol. The number of hydrogen-bond acceptors (Lipinski definition) is 3. The van der Waals surface area contributed by atoms with E-state index in [9.17, 15) is 13.6 Å². The number of carbonyl (C=O) groups is 1. The molecule has 1 aromatic heterocycles. The summed E-state index contributed by atoms with van der Waals surface area (Å²) in [6.45, 7) is 0. The molecule has 0 aliphatic heterocycles. The Kier molecular flexibility index (Phi) is 5.65. The molecule has 0 fully saturated rings. The van der Waals surface area contributed by atoms with Crippen molar-refractivity contribution in [2.75, 3.05) is 11.1 Å². The lowest BCUT2D eigenvalue weighted by atomic mass is 10.2. The number of carbonyl (C=O) groups excluding carboxylic acids is 1. The van der Waals surface area contributed by atoms with E-state index in [2.05, 4.69) is 15.3 Å². The number of halogens is 2. The summed E-state index contributed by atoms with van der Waals surface area (Å²) in [5.74, 6) is -0.885. The first kappa shape index (κ1) is 17.4. The van der Waals surface area contributed by atoms with Crippen LogP contribution in [-0.2, 0) is 4.79 Å². The van der Waals surface area contributed by atoms with Crippen LogP contribution in [0.3, 0.4) is 0 Å². The lowest BCUT2D eigenvalue weighted by Crippen LogP contribution is -2.12. The fourth-order valence-corrected chi connectivity index (χ4v) is 3.24. The van der Waals surface area contributed by atoms with Crippen molar-refractivity contribution in [2.45, 2.75) is 24.4 Å². The van der Waals surface area contributed by atoms with Crippen LogP contribution in [0.25, 0.3) is 11.0 Å². The zero-order valence-corrected chi connectivity index (χ0v) is 14.2. The lowest BCUT2D eigenvalue weighted by Gasteiger charge is -2.06. The molecule has 0 spiro atoms. The number of benzene rings is 2. The molecule has 3 rings (SSSR count). The summed E-state index contributed by atoms with van der Waals surface area (Å²) in [6, 6.07) is 10.9. The molecular weight excluding hydrogens is 344 g/mol. The van der Waals surface area contributed by atoms with E-state index in [1.807, 2.05) is 24.3 Å². The molecule has 25 heavy (non-hydrogen) atoms. The topological polar surface area (TPSA) is 57.8 Å². The number of aromatic nitrogens is 2. The Hall–Kier alpha value is -2.41. The van der Waals surface area contributed by atoms with E-state index in [4.69, 9.17) is 0 Å². The lowest BCUT2D eigenvalue weighted by molar-refractivity contribution is -0.116. The van der Waals surface area contributed by atoms with Crippen molar-refractivity contribution in [1.29, 1.82) is 0 Å². The van der Waals surface area contributed by atoms with Crippen LogP contribution in [0.15, 0.2) is 47.6 Å². The number of para-hydroxylation sites is 2. The van der Waals surface area contributed by atoms with Gasteiger partial charge in [-0.3, -0.25) is 4.79 Å². The number of thioether (sulfide) groups is 1. The maximum Gasteiger partial charge on any atom is 0.224 e. The second kappa shape index (κ2) is 8.11. The minimum Gasteiger partial charge on any atom is -0.333 e. The molecule has 0 saturated heterocycles. The van der Waals surface area contributed by atoms with Crippen LogP contribution in [0, 0.1) is 11.6 Å². The number of nitrogens with zero attached hydrogens (tertiary/aromatic N) is 1. The number of rotatable bonds is 7. The molecule has 130 valence electrons. The predicted molar refractivity (Wildman–Crippen MR) is 95.7 cm³/mol. The number of amides is 1. The summed E-state index contributed by atoms with van der Waals surface area (Å²) >= 11 is 1.61. The zero-order valence-electron chi connectivity index (χ0n) is 13.4. The molecule has 2 aromatic carbocycles. The summed E-state index contributed by atoms with van der Waals surface area (Å²) in [5.41, 5.74) is 1.94. The van der Waals surface area contributed by atoms with E-state index in [-0.39, 0.29) is 18.0 Å². The quantitative estimate of drug-likeness (QED) is 0.472. The largest absolute Gasteiger partial charge is 0.333 e. The number of unbranched alkanes of at least 4 members (excludes halogenated alkanes) is 1.